The van der Waals surface area contributed by atoms with Gasteiger partial charge in [0, 0.05) is 18.1 Å². The number of anilines is 1. The van der Waals surface area contributed by atoms with E-state index in [1.165, 1.54) is 22.9 Å². The SMILES string of the molecule is CCOc1ccccc1NC(=O)CSc1nccn1-c1cc(C)cc(C)c1. The van der Waals surface area contributed by atoms with Gasteiger partial charge in [-0.2, -0.15) is 0 Å². The predicted octanol–water partition coefficient (Wildman–Crippen LogP) is 4.62. The van der Waals surface area contributed by atoms with E-state index in [0.29, 0.717) is 18.0 Å². The number of hydrogen-bond donors (Lipinski definition) is 1. The molecule has 27 heavy (non-hydrogen) atoms. The molecular formula is C21H23N3O2S. The molecule has 1 heterocycles. The number of rotatable bonds is 7. The quantitative estimate of drug-likeness (QED) is 0.607. The summed E-state index contributed by atoms with van der Waals surface area (Å²) in [5, 5.41) is 3.70. The fourth-order valence-electron chi connectivity index (χ4n) is 2.85. The highest BCUT2D eigenvalue weighted by atomic mass is 32.2. The van der Waals surface area contributed by atoms with Gasteiger partial charge in [-0.15, -0.1) is 0 Å². The van der Waals surface area contributed by atoms with Crippen LogP contribution in [0.15, 0.2) is 60.0 Å². The molecule has 0 atom stereocenters. The highest BCUT2D eigenvalue weighted by Gasteiger charge is 2.11. The fraction of sp³-hybridized carbons (Fsp3) is 0.238. The van der Waals surface area contributed by atoms with Gasteiger partial charge in [-0.1, -0.05) is 30.0 Å². The molecule has 140 valence electrons. The summed E-state index contributed by atoms with van der Waals surface area (Å²) in [6.45, 7) is 6.61. The fourth-order valence-corrected chi connectivity index (χ4v) is 3.62. The first-order valence-electron chi connectivity index (χ1n) is 8.83. The lowest BCUT2D eigenvalue weighted by molar-refractivity contribution is -0.113. The third kappa shape index (κ3) is 4.92. The first-order chi connectivity index (χ1) is 13.1. The van der Waals surface area contributed by atoms with Crippen LogP contribution in [0.4, 0.5) is 5.69 Å². The summed E-state index contributed by atoms with van der Waals surface area (Å²) in [6.07, 6.45) is 3.67. The highest BCUT2D eigenvalue weighted by Crippen LogP contribution is 2.25. The van der Waals surface area contributed by atoms with Crippen LogP contribution in [-0.4, -0.2) is 27.8 Å². The van der Waals surface area contributed by atoms with Gasteiger partial charge in [0.15, 0.2) is 5.16 Å². The maximum absolute atomic E-state index is 12.4. The Morgan fingerprint density at radius 3 is 2.67 bits per heavy atom. The summed E-state index contributed by atoms with van der Waals surface area (Å²) in [4.78, 5) is 16.8. The minimum absolute atomic E-state index is 0.0953. The Balaban J connectivity index is 1.68. The Bertz CT molecular complexity index is 916. The van der Waals surface area contributed by atoms with E-state index in [-0.39, 0.29) is 11.7 Å². The molecule has 6 heteroatoms. The van der Waals surface area contributed by atoms with Crippen LogP contribution < -0.4 is 10.1 Å². The van der Waals surface area contributed by atoms with E-state index in [1.807, 2.05) is 42.0 Å². The Morgan fingerprint density at radius 2 is 1.93 bits per heavy atom. The van der Waals surface area contributed by atoms with Crippen LogP contribution >= 0.6 is 11.8 Å². The summed E-state index contributed by atoms with van der Waals surface area (Å²) in [5.41, 5.74) is 4.12. The molecule has 0 saturated carbocycles. The minimum atomic E-state index is -0.0953. The van der Waals surface area contributed by atoms with Crippen molar-refractivity contribution in [2.24, 2.45) is 0 Å². The van der Waals surface area contributed by atoms with Crippen molar-refractivity contribution in [1.29, 1.82) is 0 Å². The minimum Gasteiger partial charge on any atom is -0.492 e. The van der Waals surface area contributed by atoms with Crippen LogP contribution in [-0.2, 0) is 4.79 Å². The van der Waals surface area contributed by atoms with E-state index in [0.717, 1.165) is 10.8 Å². The van der Waals surface area contributed by atoms with Gasteiger partial charge in [-0.25, -0.2) is 4.98 Å². The third-order valence-corrected chi connectivity index (χ3v) is 4.85. The number of nitrogens with zero attached hydrogens (tertiary/aromatic N) is 2. The first kappa shape index (κ1) is 19.0. The molecule has 0 bridgehead atoms. The van der Waals surface area contributed by atoms with E-state index in [9.17, 15) is 4.79 Å². The molecule has 0 saturated heterocycles. The second-order valence-corrected chi connectivity index (χ2v) is 7.13. The summed E-state index contributed by atoms with van der Waals surface area (Å²) in [7, 11) is 0. The van der Waals surface area contributed by atoms with Gasteiger partial charge < -0.3 is 10.1 Å². The maximum Gasteiger partial charge on any atom is 0.234 e. The molecule has 1 N–H and O–H groups in total. The molecule has 1 amide bonds. The van der Waals surface area contributed by atoms with Crippen LogP contribution in [0.1, 0.15) is 18.1 Å². The first-order valence-corrected chi connectivity index (χ1v) is 9.82. The molecular weight excluding hydrogens is 358 g/mol. The Kier molecular flexibility index (Phi) is 6.19. The summed E-state index contributed by atoms with van der Waals surface area (Å²) in [5.74, 6) is 0.847. The number of benzene rings is 2. The maximum atomic E-state index is 12.4. The second kappa shape index (κ2) is 8.77. The molecule has 3 rings (SSSR count). The zero-order valence-electron chi connectivity index (χ0n) is 15.7. The molecule has 0 radical (unpaired) electrons. The van der Waals surface area contributed by atoms with Crippen molar-refractivity contribution in [3.63, 3.8) is 0 Å². The van der Waals surface area contributed by atoms with E-state index in [4.69, 9.17) is 4.74 Å². The molecule has 0 aliphatic carbocycles. The van der Waals surface area contributed by atoms with E-state index in [2.05, 4.69) is 42.3 Å². The van der Waals surface area contributed by atoms with Gasteiger partial charge in [0.1, 0.15) is 5.75 Å². The lowest BCUT2D eigenvalue weighted by Gasteiger charge is -2.12. The van der Waals surface area contributed by atoms with Crippen LogP contribution in [0.25, 0.3) is 5.69 Å². The van der Waals surface area contributed by atoms with Crippen LogP contribution in [0.5, 0.6) is 5.75 Å². The predicted molar refractivity (Wildman–Crippen MR) is 110 cm³/mol. The Labute approximate surface area is 163 Å². The number of ether oxygens (including phenoxy) is 1. The monoisotopic (exact) mass is 381 g/mol. The van der Waals surface area contributed by atoms with Crippen molar-refractivity contribution in [2.45, 2.75) is 25.9 Å². The number of carbonyl (C=O) groups excluding carboxylic acids is 1. The number of carbonyl (C=O) groups is 1. The van der Waals surface area contributed by atoms with Gasteiger partial charge in [0.2, 0.25) is 5.91 Å². The molecule has 0 unspecified atom stereocenters. The summed E-state index contributed by atoms with van der Waals surface area (Å²) < 4.78 is 7.56. The second-order valence-electron chi connectivity index (χ2n) is 6.19. The molecule has 0 fully saturated rings. The van der Waals surface area contributed by atoms with Gasteiger partial charge in [-0.05, 0) is 56.2 Å². The van der Waals surface area contributed by atoms with Gasteiger partial charge in [-0.3, -0.25) is 9.36 Å². The number of nitrogens with one attached hydrogen (secondary N) is 1. The number of aromatic nitrogens is 2. The van der Waals surface area contributed by atoms with Gasteiger partial charge in [0.25, 0.3) is 0 Å². The number of thioether (sulfide) groups is 1. The standard InChI is InChI=1S/C21H23N3O2S/c1-4-26-19-8-6-5-7-18(19)23-20(25)14-27-21-22-9-10-24(21)17-12-15(2)11-16(3)13-17/h5-13H,4,14H2,1-3H3,(H,23,25). The molecule has 1 aromatic heterocycles. The van der Waals surface area contributed by atoms with E-state index >= 15 is 0 Å². The number of aryl methyl sites for hydroxylation is 2. The van der Waals surface area contributed by atoms with Crippen LogP contribution in [0.3, 0.4) is 0 Å². The molecule has 0 aliphatic heterocycles. The van der Waals surface area contributed by atoms with Crippen molar-refractivity contribution in [3.8, 4) is 11.4 Å². The molecule has 0 spiro atoms. The average Bonchev–Trinajstić information content (AvgIpc) is 3.10. The van der Waals surface area contributed by atoms with Crippen molar-refractivity contribution in [2.75, 3.05) is 17.7 Å². The van der Waals surface area contributed by atoms with Crippen LogP contribution in [0, 0.1) is 13.8 Å². The van der Waals surface area contributed by atoms with Crippen LogP contribution in [0.2, 0.25) is 0 Å². The zero-order valence-corrected chi connectivity index (χ0v) is 16.5. The molecule has 3 aromatic rings. The lowest BCUT2D eigenvalue weighted by atomic mass is 10.1. The Morgan fingerprint density at radius 1 is 1.19 bits per heavy atom. The van der Waals surface area contributed by atoms with Gasteiger partial charge in [0.05, 0.1) is 18.0 Å². The molecule has 0 aliphatic rings. The van der Waals surface area contributed by atoms with Crippen molar-refractivity contribution in [3.05, 3.63) is 66.0 Å². The molecule has 2 aromatic carbocycles. The van der Waals surface area contributed by atoms with Crippen molar-refractivity contribution >= 4 is 23.4 Å². The summed E-state index contributed by atoms with van der Waals surface area (Å²) >= 11 is 1.41. The number of hydrogen-bond acceptors (Lipinski definition) is 4. The van der Waals surface area contributed by atoms with Crippen molar-refractivity contribution < 1.29 is 9.53 Å². The Hall–Kier alpha value is -2.73. The number of amides is 1. The zero-order chi connectivity index (χ0) is 19.2. The summed E-state index contributed by atoms with van der Waals surface area (Å²) in [6, 6.07) is 13.8. The smallest absolute Gasteiger partial charge is 0.234 e. The number of imidazole rings is 1. The van der Waals surface area contributed by atoms with Gasteiger partial charge >= 0.3 is 0 Å². The average molecular weight is 382 g/mol. The lowest BCUT2D eigenvalue weighted by Crippen LogP contribution is -2.15. The largest absolute Gasteiger partial charge is 0.492 e. The topological polar surface area (TPSA) is 56.1 Å². The van der Waals surface area contributed by atoms with E-state index < -0.39 is 0 Å². The highest BCUT2D eigenvalue weighted by molar-refractivity contribution is 7.99. The third-order valence-electron chi connectivity index (χ3n) is 3.88. The normalized spacial score (nSPS) is 10.6. The van der Waals surface area contributed by atoms with Crippen molar-refractivity contribution in [1.82, 2.24) is 9.55 Å². The number of para-hydroxylation sites is 2. The molecule has 5 nitrogen and oxygen atoms in total. The van der Waals surface area contributed by atoms with E-state index in [1.54, 1.807) is 6.20 Å².